The molecule has 1 N–H and O–H groups in total. The normalized spacial score (nSPS) is 12.8. The maximum Gasteiger partial charge on any atom is 0.244 e. The minimum absolute atomic E-state index is 0.0800. The van der Waals surface area contributed by atoms with Gasteiger partial charge in [-0.2, -0.15) is 0 Å². The van der Waals surface area contributed by atoms with Gasteiger partial charge in [0.1, 0.15) is 12.6 Å². The molecule has 3 aromatic rings. The number of carbonyl (C=O) groups is 2. The van der Waals surface area contributed by atoms with Crippen molar-refractivity contribution < 1.29 is 18.0 Å². The van der Waals surface area contributed by atoms with Gasteiger partial charge in [-0.15, -0.1) is 0 Å². The molecule has 3 aromatic carbocycles. The van der Waals surface area contributed by atoms with Gasteiger partial charge in [0.15, 0.2) is 0 Å². The van der Waals surface area contributed by atoms with Gasteiger partial charge >= 0.3 is 0 Å². The number of anilines is 1. The number of amides is 2. The number of nitrogens with one attached hydrogen (secondary N) is 1. The van der Waals surface area contributed by atoms with Gasteiger partial charge in [0.25, 0.3) is 0 Å². The van der Waals surface area contributed by atoms with Crippen molar-refractivity contribution >= 4 is 27.5 Å². The Morgan fingerprint density at radius 3 is 2.17 bits per heavy atom. The molecule has 7 nitrogen and oxygen atoms in total. The van der Waals surface area contributed by atoms with Crippen LogP contribution in [-0.4, -0.2) is 50.0 Å². The van der Waals surface area contributed by atoms with Gasteiger partial charge in [-0.25, -0.2) is 8.42 Å². The lowest BCUT2D eigenvalue weighted by atomic mass is 10.0. The molecule has 214 valence electrons. The molecule has 0 aromatic heterocycles. The van der Waals surface area contributed by atoms with Crippen LogP contribution in [-0.2, 0) is 32.6 Å². The van der Waals surface area contributed by atoms with Crippen LogP contribution in [0.2, 0.25) is 0 Å². The molecule has 0 saturated carbocycles. The van der Waals surface area contributed by atoms with E-state index < -0.39 is 28.5 Å². The van der Waals surface area contributed by atoms with E-state index in [1.165, 1.54) is 4.90 Å². The molecule has 0 aliphatic rings. The van der Waals surface area contributed by atoms with Crippen LogP contribution < -0.4 is 9.62 Å². The Hall–Kier alpha value is -3.65. The number of nitrogens with zero attached hydrogens (tertiary/aromatic N) is 2. The molecule has 0 unspecified atom stereocenters. The first-order chi connectivity index (χ1) is 18.9. The molecule has 0 saturated heterocycles. The summed E-state index contributed by atoms with van der Waals surface area (Å²) in [7, 11) is -3.81. The second kappa shape index (κ2) is 13.6. The first-order valence-electron chi connectivity index (χ1n) is 13.6. The summed E-state index contributed by atoms with van der Waals surface area (Å²) in [6.07, 6.45) is 2.14. The maximum atomic E-state index is 14.2. The van der Waals surface area contributed by atoms with Crippen LogP contribution >= 0.6 is 0 Å². The van der Waals surface area contributed by atoms with Crippen molar-refractivity contribution in [2.45, 2.75) is 66.1 Å². The summed E-state index contributed by atoms with van der Waals surface area (Å²) in [5.74, 6) is -0.715. The van der Waals surface area contributed by atoms with E-state index in [-0.39, 0.29) is 18.5 Å². The number of rotatable bonds is 12. The minimum Gasteiger partial charge on any atom is -0.352 e. The summed E-state index contributed by atoms with van der Waals surface area (Å²) in [6, 6.07) is 21.9. The molecule has 0 spiro atoms. The lowest BCUT2D eigenvalue weighted by molar-refractivity contribution is -0.140. The quantitative estimate of drug-likeness (QED) is 0.339. The second-order valence-electron chi connectivity index (χ2n) is 10.5. The largest absolute Gasteiger partial charge is 0.352 e. The number of hydrogen-bond donors (Lipinski definition) is 1. The highest BCUT2D eigenvalue weighted by Gasteiger charge is 2.34. The van der Waals surface area contributed by atoms with Crippen LogP contribution in [0.4, 0.5) is 5.69 Å². The van der Waals surface area contributed by atoms with E-state index in [9.17, 15) is 18.0 Å². The van der Waals surface area contributed by atoms with Gasteiger partial charge in [-0.3, -0.25) is 13.9 Å². The first kappa shape index (κ1) is 30.9. The number of sulfonamides is 1. The molecule has 2 amide bonds. The summed E-state index contributed by atoms with van der Waals surface area (Å²) < 4.78 is 27.2. The molecule has 0 heterocycles. The third-order valence-electron chi connectivity index (χ3n) is 7.19. The molecule has 0 aliphatic carbocycles. The highest BCUT2D eigenvalue weighted by atomic mass is 32.2. The predicted molar refractivity (Wildman–Crippen MR) is 162 cm³/mol. The Kier molecular flexibility index (Phi) is 10.5. The number of aryl methyl sites for hydroxylation is 3. The van der Waals surface area contributed by atoms with Crippen LogP contribution in [0.5, 0.6) is 0 Å². The predicted octanol–water partition coefficient (Wildman–Crippen LogP) is 4.93. The van der Waals surface area contributed by atoms with E-state index >= 15 is 0 Å². The number of carbonyl (C=O) groups excluding carboxylic acids is 2. The SMILES string of the molecule is CC[C@H](C)NC(=O)[C@H](Cc1ccccc1)N(Cc1ccccc1C)C(=O)CN(c1cc(C)ccc1C)S(C)(=O)=O. The minimum atomic E-state index is -3.81. The third-order valence-corrected chi connectivity index (χ3v) is 8.31. The second-order valence-corrected chi connectivity index (χ2v) is 12.4. The Balaban J connectivity index is 2.10. The van der Waals surface area contributed by atoms with Gasteiger partial charge < -0.3 is 10.2 Å². The Morgan fingerprint density at radius 2 is 1.55 bits per heavy atom. The Labute approximate surface area is 239 Å². The molecule has 0 aliphatic heterocycles. The summed E-state index contributed by atoms with van der Waals surface area (Å²) in [5.41, 5.74) is 4.86. The zero-order chi connectivity index (χ0) is 29.4. The van der Waals surface area contributed by atoms with Crippen molar-refractivity contribution in [1.82, 2.24) is 10.2 Å². The number of hydrogen-bond acceptors (Lipinski definition) is 4. The van der Waals surface area contributed by atoms with Gasteiger partial charge in [-0.1, -0.05) is 73.7 Å². The van der Waals surface area contributed by atoms with Crippen LogP contribution in [0.1, 0.15) is 48.1 Å². The summed E-state index contributed by atoms with van der Waals surface area (Å²) >= 11 is 0. The fourth-order valence-electron chi connectivity index (χ4n) is 4.55. The van der Waals surface area contributed by atoms with Crippen molar-refractivity contribution in [3.63, 3.8) is 0 Å². The van der Waals surface area contributed by atoms with Crippen molar-refractivity contribution in [2.24, 2.45) is 0 Å². The van der Waals surface area contributed by atoms with Crippen molar-refractivity contribution in [2.75, 3.05) is 17.1 Å². The highest BCUT2D eigenvalue weighted by molar-refractivity contribution is 7.92. The molecule has 0 radical (unpaired) electrons. The summed E-state index contributed by atoms with van der Waals surface area (Å²) in [5, 5.41) is 3.05. The maximum absolute atomic E-state index is 14.2. The smallest absolute Gasteiger partial charge is 0.244 e. The van der Waals surface area contributed by atoms with E-state index in [4.69, 9.17) is 0 Å². The molecule has 0 fully saturated rings. The molecule has 8 heteroatoms. The van der Waals surface area contributed by atoms with Crippen molar-refractivity contribution in [3.8, 4) is 0 Å². The third kappa shape index (κ3) is 8.18. The van der Waals surface area contributed by atoms with Crippen molar-refractivity contribution in [1.29, 1.82) is 0 Å². The van der Waals surface area contributed by atoms with E-state index in [0.717, 1.165) is 44.8 Å². The van der Waals surface area contributed by atoms with E-state index in [1.807, 2.05) is 101 Å². The lowest BCUT2D eigenvalue weighted by Gasteiger charge is -2.34. The van der Waals surface area contributed by atoms with Crippen molar-refractivity contribution in [3.05, 3.63) is 101 Å². The zero-order valence-corrected chi connectivity index (χ0v) is 25.2. The molecular formula is C32H41N3O4S. The number of benzene rings is 3. The van der Waals surface area contributed by atoms with Gasteiger partial charge in [0.05, 0.1) is 11.9 Å². The van der Waals surface area contributed by atoms with Gasteiger partial charge in [0.2, 0.25) is 21.8 Å². The Morgan fingerprint density at radius 1 is 0.900 bits per heavy atom. The topological polar surface area (TPSA) is 86.8 Å². The standard InChI is InChI=1S/C32H41N3O4S/c1-7-26(5)33-32(37)30(20-27-14-9-8-10-15-27)34(21-28-16-12-11-13-24(28)3)31(36)22-35(40(6,38)39)29-19-23(2)17-18-25(29)4/h8-19,26,30H,7,20-22H2,1-6H3,(H,33,37)/t26-,30-/m0/s1. The average Bonchev–Trinajstić information content (AvgIpc) is 2.91. The fraction of sp³-hybridized carbons (Fsp3) is 0.375. The summed E-state index contributed by atoms with van der Waals surface area (Å²) in [6.45, 7) is 9.32. The van der Waals surface area contributed by atoms with Crippen LogP contribution in [0.25, 0.3) is 0 Å². The van der Waals surface area contributed by atoms with Crippen LogP contribution in [0, 0.1) is 20.8 Å². The molecule has 2 atom stereocenters. The molecule has 3 rings (SSSR count). The zero-order valence-electron chi connectivity index (χ0n) is 24.3. The monoisotopic (exact) mass is 563 g/mol. The molecule has 0 bridgehead atoms. The van der Waals surface area contributed by atoms with E-state index in [1.54, 1.807) is 6.07 Å². The lowest BCUT2D eigenvalue weighted by Crippen LogP contribution is -2.54. The molecule has 40 heavy (non-hydrogen) atoms. The average molecular weight is 564 g/mol. The van der Waals surface area contributed by atoms with Crippen LogP contribution in [0.15, 0.2) is 72.8 Å². The van der Waals surface area contributed by atoms with Gasteiger partial charge in [-0.05, 0) is 68.0 Å². The fourth-order valence-corrected chi connectivity index (χ4v) is 5.45. The molecular weight excluding hydrogens is 522 g/mol. The van der Waals surface area contributed by atoms with Crippen LogP contribution in [0.3, 0.4) is 0 Å². The van der Waals surface area contributed by atoms with Gasteiger partial charge in [0, 0.05) is 19.0 Å². The summed E-state index contributed by atoms with van der Waals surface area (Å²) in [4.78, 5) is 29.5. The van der Waals surface area contributed by atoms with E-state index in [2.05, 4.69) is 5.32 Å². The first-order valence-corrected chi connectivity index (χ1v) is 15.5. The Bertz CT molecular complexity index is 1420. The highest BCUT2D eigenvalue weighted by Crippen LogP contribution is 2.25. The van der Waals surface area contributed by atoms with E-state index in [0.29, 0.717) is 12.1 Å².